The van der Waals surface area contributed by atoms with Gasteiger partial charge in [0.25, 0.3) is 0 Å². The second kappa shape index (κ2) is 3.80. The Morgan fingerprint density at radius 3 is 2.77 bits per heavy atom. The molecule has 0 fully saturated rings. The Morgan fingerprint density at radius 2 is 2.31 bits per heavy atom. The summed E-state index contributed by atoms with van der Waals surface area (Å²) in [6.07, 6.45) is 2.61. The van der Waals surface area contributed by atoms with Crippen molar-refractivity contribution in [2.45, 2.75) is 13.8 Å². The van der Waals surface area contributed by atoms with E-state index in [1.165, 1.54) is 0 Å². The standard InChI is InChI=1S/C9H10N2O2/c1-7(6-11(12)13)9-4-3-8(2)10-5-9/h3-6H,1-2H3/b7-6+. The first-order chi connectivity index (χ1) is 6.09. The van der Waals surface area contributed by atoms with Crippen LogP contribution in [0.1, 0.15) is 18.2 Å². The van der Waals surface area contributed by atoms with Crippen molar-refractivity contribution in [1.82, 2.24) is 4.98 Å². The molecule has 0 saturated carbocycles. The van der Waals surface area contributed by atoms with Crippen LogP contribution >= 0.6 is 0 Å². The van der Waals surface area contributed by atoms with Crippen molar-refractivity contribution >= 4 is 5.57 Å². The first-order valence-electron chi connectivity index (χ1n) is 3.84. The molecule has 0 N–H and O–H groups in total. The SMILES string of the molecule is C/C(=C\[N+](=O)[O-])c1ccc(C)nc1. The molecule has 0 bridgehead atoms. The molecule has 1 rings (SSSR count). The molecular formula is C9H10N2O2. The van der Waals surface area contributed by atoms with Crippen LogP contribution in [-0.4, -0.2) is 9.91 Å². The first kappa shape index (κ1) is 9.38. The van der Waals surface area contributed by atoms with Gasteiger partial charge in [-0.1, -0.05) is 6.07 Å². The normalized spacial score (nSPS) is 11.4. The van der Waals surface area contributed by atoms with Crippen LogP contribution in [0.5, 0.6) is 0 Å². The number of aromatic nitrogens is 1. The van der Waals surface area contributed by atoms with Crippen LogP contribution in [0.25, 0.3) is 5.57 Å². The summed E-state index contributed by atoms with van der Waals surface area (Å²) in [5.41, 5.74) is 2.29. The minimum atomic E-state index is -0.463. The van der Waals surface area contributed by atoms with E-state index in [0.29, 0.717) is 5.57 Å². The highest BCUT2D eigenvalue weighted by molar-refractivity contribution is 5.61. The Balaban J connectivity index is 2.96. The summed E-state index contributed by atoms with van der Waals surface area (Å²) in [4.78, 5) is 13.7. The fourth-order valence-electron chi connectivity index (χ4n) is 0.934. The average Bonchev–Trinajstić information content (AvgIpc) is 2.04. The molecule has 1 aromatic rings. The lowest BCUT2D eigenvalue weighted by Gasteiger charge is -1.97. The molecule has 4 nitrogen and oxygen atoms in total. The molecule has 0 aliphatic heterocycles. The van der Waals surface area contributed by atoms with Crippen LogP contribution in [0.3, 0.4) is 0 Å². The minimum absolute atomic E-state index is 0.463. The van der Waals surface area contributed by atoms with Crippen LogP contribution in [0.15, 0.2) is 24.5 Å². The third kappa shape index (κ3) is 2.66. The van der Waals surface area contributed by atoms with E-state index < -0.39 is 4.92 Å². The average molecular weight is 178 g/mol. The number of nitro groups is 1. The smallest absolute Gasteiger partial charge is 0.237 e. The third-order valence-corrected chi connectivity index (χ3v) is 1.67. The van der Waals surface area contributed by atoms with E-state index in [9.17, 15) is 10.1 Å². The molecule has 0 saturated heterocycles. The molecular weight excluding hydrogens is 168 g/mol. The lowest BCUT2D eigenvalue weighted by atomic mass is 10.1. The topological polar surface area (TPSA) is 56.0 Å². The van der Waals surface area contributed by atoms with Crippen LogP contribution in [-0.2, 0) is 0 Å². The second-order valence-electron chi connectivity index (χ2n) is 2.79. The summed E-state index contributed by atoms with van der Waals surface area (Å²) in [6.45, 7) is 3.56. The number of nitrogens with zero attached hydrogens (tertiary/aromatic N) is 2. The molecule has 68 valence electrons. The Kier molecular flexibility index (Phi) is 2.74. The Labute approximate surface area is 76.1 Å². The van der Waals surface area contributed by atoms with Crippen LogP contribution in [0.4, 0.5) is 0 Å². The van der Waals surface area contributed by atoms with Crippen molar-refractivity contribution in [3.63, 3.8) is 0 Å². The van der Waals surface area contributed by atoms with Crippen molar-refractivity contribution in [2.24, 2.45) is 0 Å². The van der Waals surface area contributed by atoms with E-state index in [1.807, 2.05) is 19.1 Å². The minimum Gasteiger partial charge on any atom is -0.261 e. The zero-order valence-corrected chi connectivity index (χ0v) is 7.52. The van der Waals surface area contributed by atoms with Gasteiger partial charge in [0.1, 0.15) is 0 Å². The lowest BCUT2D eigenvalue weighted by molar-refractivity contribution is -0.401. The maximum absolute atomic E-state index is 10.2. The molecule has 4 heteroatoms. The maximum atomic E-state index is 10.2. The monoisotopic (exact) mass is 178 g/mol. The van der Waals surface area contributed by atoms with Gasteiger partial charge in [-0.15, -0.1) is 0 Å². The van der Waals surface area contributed by atoms with Gasteiger partial charge in [0.05, 0.1) is 4.92 Å². The van der Waals surface area contributed by atoms with Crippen molar-refractivity contribution in [3.05, 3.63) is 45.9 Å². The molecule has 0 amide bonds. The quantitative estimate of drug-likeness (QED) is 0.514. The fraction of sp³-hybridized carbons (Fsp3) is 0.222. The fourth-order valence-corrected chi connectivity index (χ4v) is 0.934. The van der Waals surface area contributed by atoms with E-state index >= 15 is 0 Å². The summed E-state index contributed by atoms with van der Waals surface area (Å²) in [5.74, 6) is 0. The van der Waals surface area contributed by atoms with E-state index in [1.54, 1.807) is 13.1 Å². The Bertz CT molecular complexity index is 341. The molecule has 1 heterocycles. The molecule has 13 heavy (non-hydrogen) atoms. The zero-order valence-electron chi connectivity index (χ0n) is 7.52. The van der Waals surface area contributed by atoms with Gasteiger partial charge in [0.2, 0.25) is 6.20 Å². The van der Waals surface area contributed by atoms with Gasteiger partial charge in [-0.3, -0.25) is 15.1 Å². The van der Waals surface area contributed by atoms with E-state index in [2.05, 4.69) is 4.98 Å². The van der Waals surface area contributed by atoms with Crippen molar-refractivity contribution < 1.29 is 4.92 Å². The Morgan fingerprint density at radius 1 is 1.62 bits per heavy atom. The molecule has 0 radical (unpaired) electrons. The van der Waals surface area contributed by atoms with Gasteiger partial charge >= 0.3 is 0 Å². The Hall–Kier alpha value is -1.71. The molecule has 0 aliphatic rings. The van der Waals surface area contributed by atoms with Gasteiger partial charge in [-0.05, 0) is 19.9 Å². The van der Waals surface area contributed by atoms with Crippen molar-refractivity contribution in [1.29, 1.82) is 0 Å². The number of hydrogen-bond donors (Lipinski definition) is 0. The molecule has 0 aromatic carbocycles. The number of allylic oxidation sites excluding steroid dienone is 1. The molecule has 1 aromatic heterocycles. The first-order valence-corrected chi connectivity index (χ1v) is 3.84. The highest BCUT2D eigenvalue weighted by atomic mass is 16.6. The summed E-state index contributed by atoms with van der Waals surface area (Å²) in [7, 11) is 0. The largest absolute Gasteiger partial charge is 0.261 e. The van der Waals surface area contributed by atoms with Crippen molar-refractivity contribution in [2.75, 3.05) is 0 Å². The van der Waals surface area contributed by atoms with E-state index in [4.69, 9.17) is 0 Å². The predicted octanol–water partition coefficient (Wildman–Crippen LogP) is 2.03. The van der Waals surface area contributed by atoms with Crippen molar-refractivity contribution in [3.8, 4) is 0 Å². The van der Waals surface area contributed by atoms with Gasteiger partial charge in [0, 0.05) is 23.0 Å². The maximum Gasteiger partial charge on any atom is 0.237 e. The third-order valence-electron chi connectivity index (χ3n) is 1.67. The predicted molar refractivity (Wildman–Crippen MR) is 49.6 cm³/mol. The van der Waals surface area contributed by atoms with E-state index in [0.717, 1.165) is 17.5 Å². The molecule has 0 aliphatic carbocycles. The molecule has 0 spiro atoms. The number of hydrogen-bond acceptors (Lipinski definition) is 3. The highest BCUT2D eigenvalue weighted by Gasteiger charge is 1.99. The number of pyridine rings is 1. The summed E-state index contributed by atoms with van der Waals surface area (Å²) < 4.78 is 0. The van der Waals surface area contributed by atoms with E-state index in [-0.39, 0.29) is 0 Å². The highest BCUT2D eigenvalue weighted by Crippen LogP contribution is 2.11. The zero-order chi connectivity index (χ0) is 9.84. The lowest BCUT2D eigenvalue weighted by Crippen LogP contribution is -1.89. The van der Waals surface area contributed by atoms with Gasteiger partial charge in [-0.25, -0.2) is 0 Å². The number of aryl methyl sites for hydroxylation is 1. The number of rotatable bonds is 2. The van der Waals surface area contributed by atoms with Crippen LogP contribution < -0.4 is 0 Å². The molecule has 0 unspecified atom stereocenters. The summed E-state index contributed by atoms with van der Waals surface area (Å²) in [5, 5.41) is 10.2. The van der Waals surface area contributed by atoms with Gasteiger partial charge in [0.15, 0.2) is 0 Å². The summed E-state index contributed by atoms with van der Waals surface area (Å²) in [6, 6.07) is 3.64. The molecule has 0 atom stereocenters. The van der Waals surface area contributed by atoms with Crippen LogP contribution in [0, 0.1) is 17.0 Å². The second-order valence-corrected chi connectivity index (χ2v) is 2.79. The van der Waals surface area contributed by atoms with Crippen LogP contribution in [0.2, 0.25) is 0 Å². The van der Waals surface area contributed by atoms with Gasteiger partial charge < -0.3 is 0 Å². The summed E-state index contributed by atoms with van der Waals surface area (Å²) >= 11 is 0. The van der Waals surface area contributed by atoms with Gasteiger partial charge in [-0.2, -0.15) is 0 Å².